The number of benzene rings is 1. The minimum atomic E-state index is -0.0490. The monoisotopic (exact) mass is 427 g/mol. The highest BCUT2D eigenvalue weighted by atomic mass is 32.2. The topological polar surface area (TPSA) is 58.4 Å². The number of nitrogens with zero attached hydrogens (tertiary/aromatic N) is 2. The number of hydrogen-bond donors (Lipinski definition) is 1. The highest BCUT2D eigenvalue weighted by Gasteiger charge is 2.14. The van der Waals surface area contributed by atoms with E-state index >= 15 is 0 Å². The van der Waals surface area contributed by atoms with E-state index in [1.54, 1.807) is 0 Å². The lowest BCUT2D eigenvalue weighted by Gasteiger charge is -2.26. The first kappa shape index (κ1) is 20.2. The van der Waals surface area contributed by atoms with Crippen LogP contribution in [-0.4, -0.2) is 40.4 Å². The Morgan fingerprint density at radius 3 is 2.79 bits per heavy atom. The molecule has 0 bridgehead atoms. The molecule has 1 fully saturated rings. The highest BCUT2D eigenvalue weighted by Crippen LogP contribution is 2.26. The average molecular weight is 428 g/mol. The van der Waals surface area contributed by atoms with E-state index in [-0.39, 0.29) is 12.3 Å². The molecule has 2 aromatic heterocycles. The number of rotatable bonds is 6. The predicted octanol–water partition coefficient (Wildman–Crippen LogP) is 4.75. The molecule has 7 heteroatoms. The number of aryl methyl sites for hydroxylation is 2. The molecule has 29 heavy (non-hydrogen) atoms. The number of thioether (sulfide) groups is 1. The summed E-state index contributed by atoms with van der Waals surface area (Å²) in [6.07, 6.45) is 0.253. The number of thiazole rings is 1. The highest BCUT2D eigenvalue weighted by molar-refractivity contribution is 7.99. The first-order valence-corrected chi connectivity index (χ1v) is 11.8. The van der Waals surface area contributed by atoms with Gasteiger partial charge in [0.15, 0.2) is 10.8 Å². The molecule has 1 saturated heterocycles. The Bertz CT molecular complexity index is 990. The molecule has 1 amide bonds. The van der Waals surface area contributed by atoms with Crippen molar-refractivity contribution in [3.8, 4) is 10.8 Å². The number of nitrogens with one attached hydrogen (secondary N) is 1. The molecule has 3 heterocycles. The van der Waals surface area contributed by atoms with Crippen molar-refractivity contribution in [2.45, 2.75) is 26.8 Å². The Morgan fingerprint density at radius 2 is 2.03 bits per heavy atom. The molecule has 0 atom stereocenters. The summed E-state index contributed by atoms with van der Waals surface area (Å²) in [6, 6.07) is 10.2. The van der Waals surface area contributed by atoms with Crippen LogP contribution in [0.1, 0.15) is 22.6 Å². The summed E-state index contributed by atoms with van der Waals surface area (Å²) < 4.78 is 5.62. The van der Waals surface area contributed by atoms with Crippen molar-refractivity contribution in [3.05, 3.63) is 58.3 Å². The van der Waals surface area contributed by atoms with E-state index in [2.05, 4.69) is 33.4 Å². The van der Waals surface area contributed by atoms with Gasteiger partial charge in [0.25, 0.3) is 0 Å². The summed E-state index contributed by atoms with van der Waals surface area (Å²) in [7, 11) is 0. The molecule has 1 aromatic carbocycles. The van der Waals surface area contributed by atoms with Gasteiger partial charge < -0.3 is 9.73 Å². The molecule has 1 aliphatic rings. The second-order valence-electron chi connectivity index (χ2n) is 7.32. The number of aromatic nitrogens is 1. The van der Waals surface area contributed by atoms with Gasteiger partial charge in [-0.25, -0.2) is 4.98 Å². The van der Waals surface area contributed by atoms with Gasteiger partial charge in [-0.15, -0.1) is 11.3 Å². The lowest BCUT2D eigenvalue weighted by atomic mass is 10.1. The number of carbonyl (C=O) groups is 1. The standard InChI is InChI=1S/C22H25N3O2S2/c1-15-3-5-17(13-25-7-9-28-10-8-25)11-19(15)24-21(26)12-18-14-29-22(23-18)20-6-4-16(2)27-20/h3-6,11,14H,7-10,12-13H2,1-2H3,(H,24,26). The van der Waals surface area contributed by atoms with Gasteiger partial charge in [0.2, 0.25) is 5.91 Å². The van der Waals surface area contributed by atoms with E-state index < -0.39 is 0 Å². The van der Waals surface area contributed by atoms with E-state index in [1.165, 1.54) is 28.4 Å². The van der Waals surface area contributed by atoms with Gasteiger partial charge in [0.05, 0.1) is 12.1 Å². The zero-order chi connectivity index (χ0) is 20.2. The van der Waals surface area contributed by atoms with E-state index in [9.17, 15) is 4.79 Å². The smallest absolute Gasteiger partial charge is 0.230 e. The molecule has 4 rings (SSSR count). The largest absolute Gasteiger partial charge is 0.459 e. The van der Waals surface area contributed by atoms with Crippen LogP contribution in [0.15, 0.2) is 40.1 Å². The molecule has 152 valence electrons. The third-order valence-electron chi connectivity index (χ3n) is 4.93. The number of anilines is 1. The Kier molecular flexibility index (Phi) is 6.37. The first-order valence-electron chi connectivity index (χ1n) is 9.77. The Balaban J connectivity index is 1.39. The minimum absolute atomic E-state index is 0.0490. The van der Waals surface area contributed by atoms with E-state index in [4.69, 9.17) is 4.42 Å². The van der Waals surface area contributed by atoms with Crippen LogP contribution in [0.3, 0.4) is 0 Å². The summed E-state index contributed by atoms with van der Waals surface area (Å²) in [6.45, 7) is 7.12. The zero-order valence-corrected chi connectivity index (χ0v) is 18.4. The summed E-state index contributed by atoms with van der Waals surface area (Å²) in [5.41, 5.74) is 3.95. The van der Waals surface area contributed by atoms with Gasteiger partial charge in [0.1, 0.15) is 5.76 Å². The van der Waals surface area contributed by atoms with Gasteiger partial charge >= 0.3 is 0 Å². The predicted molar refractivity (Wildman–Crippen MR) is 121 cm³/mol. The molecule has 0 radical (unpaired) electrons. The normalized spacial score (nSPS) is 14.8. The minimum Gasteiger partial charge on any atom is -0.459 e. The number of amides is 1. The van der Waals surface area contributed by atoms with Crippen LogP contribution in [0.4, 0.5) is 5.69 Å². The third kappa shape index (κ3) is 5.29. The molecular formula is C22H25N3O2S2. The summed E-state index contributed by atoms with van der Waals surface area (Å²) in [5, 5.41) is 5.79. The van der Waals surface area contributed by atoms with Crippen LogP contribution < -0.4 is 5.32 Å². The van der Waals surface area contributed by atoms with Gasteiger partial charge in [-0.2, -0.15) is 11.8 Å². The van der Waals surface area contributed by atoms with Crippen molar-refractivity contribution in [2.75, 3.05) is 29.9 Å². The molecule has 0 unspecified atom stereocenters. The fraction of sp³-hybridized carbons (Fsp3) is 0.364. The van der Waals surface area contributed by atoms with Crippen LogP contribution >= 0.6 is 23.1 Å². The quantitative estimate of drug-likeness (QED) is 0.615. The van der Waals surface area contributed by atoms with E-state index in [0.29, 0.717) is 0 Å². The maximum Gasteiger partial charge on any atom is 0.230 e. The SMILES string of the molecule is Cc1ccc(-c2nc(CC(=O)Nc3cc(CN4CCSCC4)ccc3C)cs2)o1. The van der Waals surface area contributed by atoms with Crippen molar-refractivity contribution in [1.82, 2.24) is 9.88 Å². The molecular weight excluding hydrogens is 402 g/mol. The lowest BCUT2D eigenvalue weighted by Crippen LogP contribution is -2.32. The molecule has 0 spiro atoms. The van der Waals surface area contributed by atoms with E-state index in [1.807, 2.05) is 43.1 Å². The maximum atomic E-state index is 12.6. The van der Waals surface area contributed by atoms with Crippen LogP contribution in [0.2, 0.25) is 0 Å². The summed E-state index contributed by atoms with van der Waals surface area (Å²) in [4.78, 5) is 19.6. The number of carbonyl (C=O) groups excluding carboxylic acids is 1. The van der Waals surface area contributed by atoms with Crippen molar-refractivity contribution >= 4 is 34.7 Å². The van der Waals surface area contributed by atoms with E-state index in [0.717, 1.165) is 53.1 Å². The second kappa shape index (κ2) is 9.15. The van der Waals surface area contributed by atoms with Crippen LogP contribution in [0.5, 0.6) is 0 Å². The fourth-order valence-electron chi connectivity index (χ4n) is 3.33. The molecule has 0 aliphatic carbocycles. The summed E-state index contributed by atoms with van der Waals surface area (Å²) in [5.74, 6) is 3.95. The van der Waals surface area contributed by atoms with Crippen LogP contribution in [0.25, 0.3) is 10.8 Å². The van der Waals surface area contributed by atoms with Gasteiger partial charge in [-0.05, 0) is 43.2 Å². The molecule has 5 nitrogen and oxygen atoms in total. The zero-order valence-electron chi connectivity index (χ0n) is 16.7. The molecule has 0 saturated carbocycles. The van der Waals surface area contributed by atoms with Crippen LogP contribution in [-0.2, 0) is 17.8 Å². The second-order valence-corrected chi connectivity index (χ2v) is 9.40. The van der Waals surface area contributed by atoms with Crippen molar-refractivity contribution in [1.29, 1.82) is 0 Å². The number of furan rings is 1. The molecule has 1 aliphatic heterocycles. The Labute approximate surface area is 179 Å². The van der Waals surface area contributed by atoms with Gasteiger partial charge in [-0.1, -0.05) is 12.1 Å². The van der Waals surface area contributed by atoms with Crippen molar-refractivity contribution < 1.29 is 9.21 Å². The van der Waals surface area contributed by atoms with Crippen molar-refractivity contribution in [2.24, 2.45) is 0 Å². The average Bonchev–Trinajstić information content (AvgIpc) is 3.34. The van der Waals surface area contributed by atoms with Crippen molar-refractivity contribution in [3.63, 3.8) is 0 Å². The first-order chi connectivity index (χ1) is 14.1. The Hall–Kier alpha value is -2.09. The van der Waals surface area contributed by atoms with Gasteiger partial charge in [-0.3, -0.25) is 9.69 Å². The Morgan fingerprint density at radius 1 is 1.21 bits per heavy atom. The fourth-order valence-corrected chi connectivity index (χ4v) is 5.09. The number of hydrogen-bond acceptors (Lipinski definition) is 6. The summed E-state index contributed by atoms with van der Waals surface area (Å²) >= 11 is 3.51. The maximum absolute atomic E-state index is 12.6. The third-order valence-corrected chi connectivity index (χ3v) is 6.78. The lowest BCUT2D eigenvalue weighted by molar-refractivity contribution is -0.115. The molecule has 3 aromatic rings. The molecule has 1 N–H and O–H groups in total. The van der Waals surface area contributed by atoms with Crippen LogP contribution in [0, 0.1) is 13.8 Å². The van der Waals surface area contributed by atoms with Gasteiger partial charge in [0, 0.05) is 42.2 Å².